The molecule has 13 heteroatoms. The molecule has 0 aliphatic carbocycles. The van der Waals surface area contributed by atoms with Gasteiger partial charge in [0.1, 0.15) is 18.3 Å². The number of halogens is 2. The van der Waals surface area contributed by atoms with Gasteiger partial charge in [0.05, 0.1) is 31.9 Å². The summed E-state index contributed by atoms with van der Waals surface area (Å²) in [5.74, 6) is -0.490. The lowest BCUT2D eigenvalue weighted by Crippen LogP contribution is -2.53. The van der Waals surface area contributed by atoms with E-state index in [-0.39, 0.29) is 40.1 Å². The summed E-state index contributed by atoms with van der Waals surface area (Å²) < 4.78 is 46.0. The number of carbonyl (C=O) groups excluding carboxylic acids is 2. The number of hydrogen-bond donors (Lipinski definition) is 1. The smallest absolute Gasteiger partial charge is 0.265 e. The van der Waals surface area contributed by atoms with E-state index in [0.717, 1.165) is 9.87 Å². The van der Waals surface area contributed by atoms with Gasteiger partial charge in [0.2, 0.25) is 11.8 Å². The van der Waals surface area contributed by atoms with Crippen LogP contribution < -0.4 is 23.8 Å². The van der Waals surface area contributed by atoms with E-state index in [0.29, 0.717) is 16.3 Å². The highest BCUT2D eigenvalue weighted by molar-refractivity contribution is 7.92. The highest BCUT2D eigenvalue weighted by Gasteiger charge is 2.36. The molecular formula is C34H35Cl2N3O7S. The standard InChI is InChI=1S/C34H35Cl2N3O7S/c1-37-34(41)29(18-23-10-6-5-7-11-23)38(21-24-12-8-9-13-27(24)36)33(40)22-39(28-19-25(35)14-16-30(28)44-2)47(42,43)26-15-17-31(45-3)32(20-26)46-4/h5-17,19-20,29H,18,21-22H2,1-4H3,(H,37,41)/t29-/m1/s1. The molecule has 0 bridgehead atoms. The first-order chi connectivity index (χ1) is 22.5. The first-order valence-electron chi connectivity index (χ1n) is 14.4. The number of carbonyl (C=O) groups is 2. The molecule has 47 heavy (non-hydrogen) atoms. The van der Waals surface area contributed by atoms with Gasteiger partial charge in [-0.05, 0) is 47.5 Å². The largest absolute Gasteiger partial charge is 0.495 e. The molecule has 4 aromatic rings. The number of likely N-dealkylation sites (N-methyl/N-ethyl adjacent to an activating group) is 1. The molecule has 0 aromatic heterocycles. The summed E-state index contributed by atoms with van der Waals surface area (Å²) in [4.78, 5) is 29.2. The summed E-state index contributed by atoms with van der Waals surface area (Å²) in [5, 5.41) is 3.24. The van der Waals surface area contributed by atoms with Crippen LogP contribution in [0.3, 0.4) is 0 Å². The number of benzene rings is 4. The number of ether oxygens (including phenoxy) is 3. The second-order valence-corrected chi connectivity index (χ2v) is 13.0. The minimum absolute atomic E-state index is 0.0142. The molecule has 1 N–H and O–H groups in total. The Balaban J connectivity index is 1.87. The van der Waals surface area contributed by atoms with E-state index in [2.05, 4.69) is 5.32 Å². The third-order valence-corrected chi connectivity index (χ3v) is 9.81. The first kappa shape index (κ1) is 35.4. The van der Waals surface area contributed by atoms with Crippen molar-refractivity contribution in [3.8, 4) is 17.2 Å². The zero-order valence-electron chi connectivity index (χ0n) is 26.3. The molecule has 4 aromatic carbocycles. The molecule has 1 atom stereocenters. The van der Waals surface area contributed by atoms with E-state index in [9.17, 15) is 18.0 Å². The van der Waals surface area contributed by atoms with E-state index >= 15 is 0 Å². The molecule has 0 saturated heterocycles. The van der Waals surface area contributed by atoms with Crippen molar-refractivity contribution in [1.29, 1.82) is 0 Å². The van der Waals surface area contributed by atoms with Gasteiger partial charge in [0, 0.05) is 36.1 Å². The number of amides is 2. The summed E-state index contributed by atoms with van der Waals surface area (Å²) in [7, 11) is 1.17. The lowest BCUT2D eigenvalue weighted by atomic mass is 10.0. The molecule has 248 valence electrons. The molecule has 0 unspecified atom stereocenters. The van der Waals surface area contributed by atoms with Crippen molar-refractivity contribution in [3.63, 3.8) is 0 Å². The fourth-order valence-electron chi connectivity index (χ4n) is 5.01. The van der Waals surface area contributed by atoms with Crippen LogP contribution in [0.4, 0.5) is 5.69 Å². The molecule has 0 aliphatic heterocycles. The van der Waals surface area contributed by atoms with Crippen LogP contribution in [0.15, 0.2) is 95.9 Å². The third-order valence-electron chi connectivity index (χ3n) is 7.45. The Bertz CT molecular complexity index is 1820. The minimum Gasteiger partial charge on any atom is -0.495 e. The van der Waals surface area contributed by atoms with Gasteiger partial charge < -0.3 is 24.4 Å². The van der Waals surface area contributed by atoms with Gasteiger partial charge in [-0.15, -0.1) is 0 Å². The van der Waals surface area contributed by atoms with Crippen LogP contribution in [-0.2, 0) is 32.6 Å². The van der Waals surface area contributed by atoms with Crippen molar-refractivity contribution >= 4 is 50.7 Å². The Hall–Kier alpha value is -4.45. The van der Waals surface area contributed by atoms with Gasteiger partial charge in [0.25, 0.3) is 10.0 Å². The third kappa shape index (κ3) is 8.29. The Morgan fingerprint density at radius 2 is 1.45 bits per heavy atom. The maximum absolute atomic E-state index is 14.6. The minimum atomic E-state index is -4.50. The van der Waals surface area contributed by atoms with Gasteiger partial charge >= 0.3 is 0 Å². The Morgan fingerprint density at radius 1 is 0.809 bits per heavy atom. The van der Waals surface area contributed by atoms with E-state index in [4.69, 9.17) is 37.4 Å². The Morgan fingerprint density at radius 3 is 2.09 bits per heavy atom. The monoisotopic (exact) mass is 699 g/mol. The van der Waals surface area contributed by atoms with Crippen molar-refractivity contribution in [3.05, 3.63) is 112 Å². The Kier molecular flexibility index (Phi) is 12.0. The van der Waals surface area contributed by atoms with Crippen molar-refractivity contribution < 1.29 is 32.2 Å². The molecule has 2 amide bonds. The second-order valence-electron chi connectivity index (χ2n) is 10.3. The van der Waals surface area contributed by atoms with Crippen LogP contribution in [0, 0.1) is 0 Å². The lowest BCUT2D eigenvalue weighted by Gasteiger charge is -2.34. The van der Waals surface area contributed by atoms with Crippen LogP contribution in [0.25, 0.3) is 0 Å². The van der Waals surface area contributed by atoms with Gasteiger partial charge in [-0.3, -0.25) is 13.9 Å². The van der Waals surface area contributed by atoms with Crippen LogP contribution >= 0.6 is 23.2 Å². The molecule has 0 heterocycles. The normalized spacial score (nSPS) is 11.7. The highest BCUT2D eigenvalue weighted by atomic mass is 35.5. The van der Waals surface area contributed by atoms with Gasteiger partial charge in [-0.2, -0.15) is 0 Å². The fourth-order valence-corrected chi connectivity index (χ4v) is 6.80. The van der Waals surface area contributed by atoms with Crippen molar-refractivity contribution in [2.75, 3.05) is 39.2 Å². The number of rotatable bonds is 14. The summed E-state index contributed by atoms with van der Waals surface area (Å²) in [6.07, 6.45) is 0.152. The SMILES string of the molecule is CNC(=O)[C@@H](Cc1ccccc1)N(Cc1ccccc1Cl)C(=O)CN(c1cc(Cl)ccc1OC)S(=O)(=O)c1ccc(OC)c(OC)c1. The number of methoxy groups -OCH3 is 3. The molecule has 0 spiro atoms. The zero-order valence-corrected chi connectivity index (χ0v) is 28.6. The molecule has 10 nitrogen and oxygen atoms in total. The molecule has 0 aliphatic rings. The molecule has 0 fully saturated rings. The fraction of sp³-hybridized carbons (Fsp3) is 0.235. The predicted octanol–water partition coefficient (Wildman–Crippen LogP) is 5.60. The number of nitrogens with one attached hydrogen (secondary N) is 1. The summed E-state index contributed by atoms with van der Waals surface area (Å²) in [6, 6.07) is 23.6. The van der Waals surface area contributed by atoms with Gasteiger partial charge in [-0.25, -0.2) is 8.42 Å². The quantitative estimate of drug-likeness (QED) is 0.182. The summed E-state index contributed by atoms with van der Waals surface area (Å²) in [5.41, 5.74) is 1.38. The first-order valence-corrected chi connectivity index (χ1v) is 16.6. The summed E-state index contributed by atoms with van der Waals surface area (Å²) in [6.45, 7) is -0.805. The maximum atomic E-state index is 14.6. The number of nitrogens with zero attached hydrogens (tertiary/aromatic N) is 2. The van der Waals surface area contributed by atoms with Crippen molar-refractivity contribution in [2.24, 2.45) is 0 Å². The van der Waals surface area contributed by atoms with Crippen LogP contribution in [0.5, 0.6) is 17.2 Å². The number of hydrogen-bond acceptors (Lipinski definition) is 7. The average Bonchev–Trinajstić information content (AvgIpc) is 3.08. The topological polar surface area (TPSA) is 114 Å². The van der Waals surface area contributed by atoms with Crippen molar-refractivity contribution in [2.45, 2.75) is 23.9 Å². The molecule has 0 radical (unpaired) electrons. The van der Waals surface area contributed by atoms with Crippen LogP contribution in [0.2, 0.25) is 10.0 Å². The molecular weight excluding hydrogens is 665 g/mol. The second kappa shape index (κ2) is 15.9. The van der Waals surface area contributed by atoms with Crippen LogP contribution in [-0.4, -0.2) is 66.1 Å². The highest BCUT2D eigenvalue weighted by Crippen LogP contribution is 2.37. The van der Waals surface area contributed by atoms with Crippen LogP contribution in [0.1, 0.15) is 11.1 Å². The van der Waals surface area contributed by atoms with E-state index in [1.165, 1.54) is 69.7 Å². The van der Waals surface area contributed by atoms with E-state index in [1.54, 1.807) is 24.3 Å². The Labute approximate surface area is 284 Å². The van der Waals surface area contributed by atoms with E-state index in [1.807, 2.05) is 30.3 Å². The van der Waals surface area contributed by atoms with Gasteiger partial charge in [0.15, 0.2) is 11.5 Å². The lowest BCUT2D eigenvalue weighted by molar-refractivity contribution is -0.139. The molecule has 4 rings (SSSR count). The average molecular weight is 701 g/mol. The molecule has 0 saturated carbocycles. The summed E-state index contributed by atoms with van der Waals surface area (Å²) >= 11 is 12.9. The predicted molar refractivity (Wildman–Crippen MR) is 182 cm³/mol. The van der Waals surface area contributed by atoms with Gasteiger partial charge in [-0.1, -0.05) is 71.7 Å². The van der Waals surface area contributed by atoms with Crippen molar-refractivity contribution in [1.82, 2.24) is 10.2 Å². The number of anilines is 1. The zero-order chi connectivity index (χ0) is 34.1. The van der Waals surface area contributed by atoms with E-state index < -0.39 is 34.4 Å². The number of sulfonamides is 1. The maximum Gasteiger partial charge on any atom is 0.265 e.